The molecule has 70 valence electrons. The minimum atomic E-state index is 0.613. The molecule has 0 saturated heterocycles. The van der Waals surface area contributed by atoms with E-state index in [1.165, 1.54) is 12.8 Å². The van der Waals surface area contributed by atoms with Gasteiger partial charge in [-0.15, -0.1) is 0 Å². The third-order valence-corrected chi connectivity index (χ3v) is 3.05. The van der Waals surface area contributed by atoms with E-state index in [2.05, 4.69) is 5.32 Å². The first-order chi connectivity index (χ1) is 6.27. The minimum absolute atomic E-state index is 0.613. The van der Waals surface area contributed by atoms with E-state index in [9.17, 15) is 0 Å². The van der Waals surface area contributed by atoms with E-state index in [0.29, 0.717) is 10.0 Å². The second kappa shape index (κ2) is 3.77. The summed E-state index contributed by atoms with van der Waals surface area (Å²) in [5.41, 5.74) is 0.945. The van der Waals surface area contributed by atoms with Gasteiger partial charge >= 0.3 is 0 Å². The maximum absolute atomic E-state index is 6.00. The van der Waals surface area contributed by atoms with Gasteiger partial charge in [0.05, 0.1) is 15.7 Å². The van der Waals surface area contributed by atoms with Crippen molar-refractivity contribution in [2.24, 2.45) is 5.92 Å². The lowest BCUT2D eigenvalue weighted by atomic mass is 10.3. The van der Waals surface area contributed by atoms with Crippen molar-refractivity contribution in [3.63, 3.8) is 0 Å². The molecule has 2 rings (SSSR count). The number of anilines is 1. The zero-order chi connectivity index (χ0) is 9.26. The summed E-state index contributed by atoms with van der Waals surface area (Å²) in [7, 11) is 0. The number of hydrogen-bond donors (Lipinski definition) is 1. The molecule has 0 radical (unpaired) electrons. The Morgan fingerprint density at radius 3 is 2.77 bits per heavy atom. The number of hydrogen-bond acceptors (Lipinski definition) is 1. The van der Waals surface area contributed by atoms with E-state index >= 15 is 0 Å². The van der Waals surface area contributed by atoms with Crippen LogP contribution in [0, 0.1) is 5.92 Å². The topological polar surface area (TPSA) is 12.0 Å². The molecule has 1 N–H and O–H groups in total. The summed E-state index contributed by atoms with van der Waals surface area (Å²) in [6.45, 7) is 1.01. The van der Waals surface area contributed by atoms with Crippen LogP contribution >= 0.6 is 23.2 Å². The van der Waals surface area contributed by atoms with Crippen molar-refractivity contribution in [3.8, 4) is 0 Å². The highest BCUT2D eigenvalue weighted by atomic mass is 35.5. The molecule has 13 heavy (non-hydrogen) atoms. The normalized spacial score (nSPS) is 15.8. The molecule has 1 aliphatic rings. The van der Waals surface area contributed by atoms with Crippen LogP contribution in [0.25, 0.3) is 0 Å². The van der Waals surface area contributed by atoms with Crippen LogP contribution in [0.5, 0.6) is 0 Å². The van der Waals surface area contributed by atoms with E-state index in [4.69, 9.17) is 23.2 Å². The fraction of sp³-hybridized carbons (Fsp3) is 0.400. The third-order valence-electron chi connectivity index (χ3n) is 2.23. The van der Waals surface area contributed by atoms with E-state index in [1.807, 2.05) is 12.1 Å². The van der Waals surface area contributed by atoms with Crippen molar-refractivity contribution < 1.29 is 0 Å². The van der Waals surface area contributed by atoms with Gasteiger partial charge in [0, 0.05) is 6.54 Å². The summed E-state index contributed by atoms with van der Waals surface area (Å²) in [5.74, 6) is 0.843. The van der Waals surface area contributed by atoms with Crippen LogP contribution in [0.4, 0.5) is 5.69 Å². The monoisotopic (exact) mass is 215 g/mol. The van der Waals surface area contributed by atoms with Gasteiger partial charge in [0.15, 0.2) is 0 Å². The average molecular weight is 216 g/mol. The van der Waals surface area contributed by atoms with Gasteiger partial charge in [0.25, 0.3) is 0 Å². The molecule has 0 unspecified atom stereocenters. The molecule has 0 atom stereocenters. The molecule has 0 heterocycles. The largest absolute Gasteiger partial charge is 0.384 e. The highest BCUT2D eigenvalue weighted by Crippen LogP contribution is 2.32. The Bertz CT molecular complexity index is 308. The molecule has 0 amide bonds. The zero-order valence-electron chi connectivity index (χ0n) is 7.19. The molecular formula is C10H11Cl2N. The quantitative estimate of drug-likeness (QED) is 0.809. The van der Waals surface area contributed by atoms with Gasteiger partial charge in [-0.05, 0) is 30.9 Å². The maximum atomic E-state index is 6.00. The molecular weight excluding hydrogens is 205 g/mol. The Kier molecular flexibility index (Phi) is 2.66. The van der Waals surface area contributed by atoms with Gasteiger partial charge in [0.1, 0.15) is 0 Å². The summed E-state index contributed by atoms with van der Waals surface area (Å²) in [4.78, 5) is 0. The molecule has 1 aliphatic carbocycles. The Morgan fingerprint density at radius 1 is 1.31 bits per heavy atom. The number of halogens is 2. The molecule has 3 heteroatoms. The molecule has 1 fully saturated rings. The van der Waals surface area contributed by atoms with Crippen molar-refractivity contribution in [2.45, 2.75) is 12.8 Å². The first-order valence-corrected chi connectivity index (χ1v) is 5.21. The molecule has 1 aromatic carbocycles. The maximum Gasteiger partial charge on any atom is 0.0823 e. The molecule has 0 aromatic heterocycles. The predicted molar refractivity (Wildman–Crippen MR) is 57.7 cm³/mol. The predicted octanol–water partition coefficient (Wildman–Crippen LogP) is 3.82. The van der Waals surface area contributed by atoms with E-state index < -0.39 is 0 Å². The van der Waals surface area contributed by atoms with Crippen LogP contribution in [0.3, 0.4) is 0 Å². The van der Waals surface area contributed by atoms with Crippen molar-refractivity contribution >= 4 is 28.9 Å². The molecule has 0 spiro atoms. The number of benzene rings is 1. The van der Waals surface area contributed by atoms with Crippen LogP contribution in [-0.4, -0.2) is 6.54 Å². The lowest BCUT2D eigenvalue weighted by Gasteiger charge is -2.07. The molecule has 0 aliphatic heterocycles. The van der Waals surface area contributed by atoms with Gasteiger partial charge in [-0.25, -0.2) is 0 Å². The van der Waals surface area contributed by atoms with E-state index in [1.54, 1.807) is 6.07 Å². The Morgan fingerprint density at radius 2 is 2.08 bits per heavy atom. The van der Waals surface area contributed by atoms with Crippen LogP contribution in [0.15, 0.2) is 18.2 Å². The van der Waals surface area contributed by atoms with Crippen molar-refractivity contribution in [3.05, 3.63) is 28.2 Å². The highest BCUT2D eigenvalue weighted by molar-refractivity contribution is 6.43. The van der Waals surface area contributed by atoms with Gasteiger partial charge in [-0.3, -0.25) is 0 Å². The van der Waals surface area contributed by atoms with Crippen molar-refractivity contribution in [1.29, 1.82) is 0 Å². The average Bonchev–Trinajstić information content (AvgIpc) is 2.91. The van der Waals surface area contributed by atoms with Gasteiger partial charge < -0.3 is 5.32 Å². The number of rotatable bonds is 3. The molecule has 1 saturated carbocycles. The number of nitrogens with one attached hydrogen (secondary N) is 1. The second-order valence-corrected chi connectivity index (χ2v) is 4.21. The summed E-state index contributed by atoms with van der Waals surface area (Å²) >= 11 is 11.9. The van der Waals surface area contributed by atoms with Crippen LogP contribution in [0.2, 0.25) is 10.0 Å². The van der Waals surface area contributed by atoms with Crippen LogP contribution in [0.1, 0.15) is 12.8 Å². The Hall–Kier alpha value is -0.400. The van der Waals surface area contributed by atoms with Crippen LogP contribution < -0.4 is 5.32 Å². The van der Waals surface area contributed by atoms with Gasteiger partial charge in [-0.2, -0.15) is 0 Å². The lowest BCUT2D eigenvalue weighted by molar-refractivity contribution is 0.889. The second-order valence-electron chi connectivity index (χ2n) is 3.43. The smallest absolute Gasteiger partial charge is 0.0823 e. The summed E-state index contributed by atoms with van der Waals surface area (Å²) < 4.78 is 0. The fourth-order valence-electron chi connectivity index (χ4n) is 1.22. The first-order valence-electron chi connectivity index (χ1n) is 4.45. The SMILES string of the molecule is Clc1cccc(NCC2CC2)c1Cl. The zero-order valence-corrected chi connectivity index (χ0v) is 8.70. The Balaban J connectivity index is 2.05. The Labute approximate surface area is 88.0 Å². The van der Waals surface area contributed by atoms with E-state index in [0.717, 1.165) is 18.2 Å². The fourth-order valence-corrected chi connectivity index (χ4v) is 1.58. The third kappa shape index (κ3) is 2.29. The molecule has 0 bridgehead atoms. The van der Waals surface area contributed by atoms with Gasteiger partial charge in [-0.1, -0.05) is 29.3 Å². The van der Waals surface area contributed by atoms with Crippen molar-refractivity contribution in [1.82, 2.24) is 0 Å². The molecule has 1 nitrogen and oxygen atoms in total. The van der Waals surface area contributed by atoms with Crippen molar-refractivity contribution in [2.75, 3.05) is 11.9 Å². The highest BCUT2D eigenvalue weighted by Gasteiger charge is 2.20. The standard InChI is InChI=1S/C10H11Cl2N/c11-8-2-1-3-9(10(8)12)13-6-7-4-5-7/h1-3,7,13H,4-6H2. The van der Waals surface area contributed by atoms with Crippen LogP contribution in [-0.2, 0) is 0 Å². The van der Waals surface area contributed by atoms with Gasteiger partial charge in [0.2, 0.25) is 0 Å². The lowest BCUT2D eigenvalue weighted by Crippen LogP contribution is -2.03. The summed E-state index contributed by atoms with van der Waals surface area (Å²) in [6, 6.07) is 5.66. The summed E-state index contributed by atoms with van der Waals surface area (Å²) in [6.07, 6.45) is 2.68. The minimum Gasteiger partial charge on any atom is -0.384 e. The molecule has 1 aromatic rings. The van der Waals surface area contributed by atoms with E-state index in [-0.39, 0.29) is 0 Å². The summed E-state index contributed by atoms with van der Waals surface area (Å²) in [5, 5.41) is 4.54. The first kappa shape index (κ1) is 9.17.